The molecule has 6 nitrogen and oxygen atoms in total. The summed E-state index contributed by atoms with van der Waals surface area (Å²) in [6, 6.07) is -0.890. The summed E-state index contributed by atoms with van der Waals surface area (Å²) in [5.74, 6) is -2.07. The minimum Gasteiger partial charge on any atom is -0.481 e. The van der Waals surface area contributed by atoms with Gasteiger partial charge in [0, 0.05) is 13.0 Å². The number of carboxylic acids is 2. The normalized spacial score (nSPS) is 14.3. The van der Waals surface area contributed by atoms with Gasteiger partial charge in [-0.2, -0.15) is 0 Å². The fourth-order valence-corrected chi connectivity index (χ4v) is 1.57. The van der Waals surface area contributed by atoms with Crippen molar-refractivity contribution >= 4 is 11.9 Å². The molecule has 0 aromatic rings. The molecule has 4 N–H and O–H groups in total. The van der Waals surface area contributed by atoms with Gasteiger partial charge in [0.15, 0.2) is 0 Å². The van der Waals surface area contributed by atoms with E-state index in [2.05, 4.69) is 6.58 Å². The Hall–Kier alpha value is -1.40. The molecular weight excluding hydrogens is 224 g/mol. The zero-order valence-electron chi connectivity index (χ0n) is 10.0. The van der Waals surface area contributed by atoms with Crippen molar-refractivity contribution in [1.82, 2.24) is 4.90 Å². The summed E-state index contributed by atoms with van der Waals surface area (Å²) in [5, 5.41) is 17.7. The lowest BCUT2D eigenvalue weighted by Crippen LogP contribution is -2.51. The van der Waals surface area contributed by atoms with Gasteiger partial charge in [-0.1, -0.05) is 13.0 Å². The van der Waals surface area contributed by atoms with E-state index in [4.69, 9.17) is 15.9 Å². The number of carboxylic acid groups (broad SMARTS) is 2. The Morgan fingerprint density at radius 1 is 1.47 bits per heavy atom. The van der Waals surface area contributed by atoms with E-state index in [1.54, 1.807) is 11.0 Å². The number of hydrogen-bond acceptors (Lipinski definition) is 4. The van der Waals surface area contributed by atoms with Gasteiger partial charge >= 0.3 is 11.9 Å². The van der Waals surface area contributed by atoms with E-state index in [9.17, 15) is 9.59 Å². The third-order valence-electron chi connectivity index (χ3n) is 2.50. The highest BCUT2D eigenvalue weighted by Crippen LogP contribution is 2.11. The first-order valence-electron chi connectivity index (χ1n) is 5.50. The van der Waals surface area contributed by atoms with Crippen molar-refractivity contribution in [2.75, 3.05) is 6.54 Å². The number of aliphatic carboxylic acids is 2. The Morgan fingerprint density at radius 3 is 2.41 bits per heavy atom. The van der Waals surface area contributed by atoms with Crippen molar-refractivity contribution in [3.05, 3.63) is 12.7 Å². The predicted molar refractivity (Wildman–Crippen MR) is 63.5 cm³/mol. The Bertz CT molecular complexity index is 281. The second-order valence-electron chi connectivity index (χ2n) is 3.75. The Morgan fingerprint density at radius 2 is 2.06 bits per heavy atom. The zero-order valence-corrected chi connectivity index (χ0v) is 10.0. The van der Waals surface area contributed by atoms with E-state index in [1.807, 2.05) is 6.92 Å². The maximum absolute atomic E-state index is 11.1. The fraction of sp³-hybridized carbons (Fsp3) is 0.636. The van der Waals surface area contributed by atoms with Crippen molar-refractivity contribution in [2.45, 2.75) is 38.4 Å². The number of nitrogens with zero attached hydrogens (tertiary/aromatic N) is 1. The molecule has 0 radical (unpaired) electrons. The van der Waals surface area contributed by atoms with Crippen LogP contribution in [0.25, 0.3) is 0 Å². The highest BCUT2D eigenvalue weighted by Gasteiger charge is 2.28. The van der Waals surface area contributed by atoms with Gasteiger partial charge in [0.1, 0.15) is 6.04 Å². The van der Waals surface area contributed by atoms with E-state index in [1.165, 1.54) is 0 Å². The lowest BCUT2D eigenvalue weighted by Gasteiger charge is -2.32. The van der Waals surface area contributed by atoms with Gasteiger partial charge in [0.05, 0.1) is 6.17 Å². The van der Waals surface area contributed by atoms with Crippen LogP contribution in [0.4, 0.5) is 0 Å². The molecule has 0 aromatic heterocycles. The van der Waals surface area contributed by atoms with Crippen LogP contribution in [0.15, 0.2) is 12.7 Å². The second kappa shape index (κ2) is 7.81. The highest BCUT2D eigenvalue weighted by atomic mass is 16.4. The van der Waals surface area contributed by atoms with Crippen LogP contribution in [0, 0.1) is 0 Å². The molecule has 17 heavy (non-hydrogen) atoms. The Kier molecular flexibility index (Phi) is 7.16. The summed E-state index contributed by atoms with van der Waals surface area (Å²) in [5.41, 5.74) is 5.82. The minimum atomic E-state index is -1.06. The lowest BCUT2D eigenvalue weighted by molar-refractivity contribution is -0.145. The lowest BCUT2D eigenvalue weighted by atomic mass is 10.1. The third kappa shape index (κ3) is 5.46. The molecule has 98 valence electrons. The molecular formula is C11H20N2O4. The van der Waals surface area contributed by atoms with Gasteiger partial charge < -0.3 is 15.9 Å². The molecule has 0 saturated heterocycles. The Balaban J connectivity index is 4.75. The molecule has 0 heterocycles. The van der Waals surface area contributed by atoms with Gasteiger partial charge in [-0.05, 0) is 12.8 Å². The fourth-order valence-electron chi connectivity index (χ4n) is 1.57. The second-order valence-corrected chi connectivity index (χ2v) is 3.75. The molecule has 6 heteroatoms. The molecule has 0 fully saturated rings. The van der Waals surface area contributed by atoms with Crippen molar-refractivity contribution in [1.29, 1.82) is 0 Å². The Labute approximate surface area is 101 Å². The average Bonchev–Trinajstić information content (AvgIpc) is 2.26. The topological polar surface area (TPSA) is 104 Å². The molecule has 2 unspecified atom stereocenters. The van der Waals surface area contributed by atoms with Crippen LogP contribution >= 0.6 is 0 Å². The van der Waals surface area contributed by atoms with Crippen LogP contribution in [0.1, 0.15) is 26.2 Å². The van der Waals surface area contributed by atoms with Crippen LogP contribution in [0.3, 0.4) is 0 Å². The number of hydrogen-bond donors (Lipinski definition) is 3. The molecule has 0 aromatic carbocycles. The van der Waals surface area contributed by atoms with Gasteiger partial charge in [0.2, 0.25) is 0 Å². The van der Waals surface area contributed by atoms with E-state index >= 15 is 0 Å². The number of carbonyl (C=O) groups is 2. The average molecular weight is 244 g/mol. The SMILES string of the molecule is C=CCN(C(N)CC)C(CCC(=O)O)C(=O)O. The summed E-state index contributed by atoms with van der Waals surface area (Å²) < 4.78 is 0. The van der Waals surface area contributed by atoms with Gasteiger partial charge in [-0.15, -0.1) is 6.58 Å². The summed E-state index contributed by atoms with van der Waals surface area (Å²) in [7, 11) is 0. The van der Waals surface area contributed by atoms with E-state index in [0.29, 0.717) is 13.0 Å². The van der Waals surface area contributed by atoms with Crippen molar-refractivity contribution in [3.63, 3.8) is 0 Å². The van der Waals surface area contributed by atoms with Crippen molar-refractivity contribution in [2.24, 2.45) is 5.73 Å². The van der Waals surface area contributed by atoms with Crippen molar-refractivity contribution in [3.8, 4) is 0 Å². The zero-order chi connectivity index (χ0) is 13.4. The highest BCUT2D eigenvalue weighted by molar-refractivity contribution is 5.75. The van der Waals surface area contributed by atoms with Crippen molar-refractivity contribution < 1.29 is 19.8 Å². The van der Waals surface area contributed by atoms with Gasteiger partial charge in [0.25, 0.3) is 0 Å². The van der Waals surface area contributed by atoms with Gasteiger partial charge in [-0.25, -0.2) is 0 Å². The third-order valence-corrected chi connectivity index (χ3v) is 2.50. The molecule has 0 spiro atoms. The summed E-state index contributed by atoms with van der Waals surface area (Å²) in [4.78, 5) is 23.2. The molecule has 0 bridgehead atoms. The quantitative estimate of drug-likeness (QED) is 0.403. The first-order chi connectivity index (χ1) is 7.93. The summed E-state index contributed by atoms with van der Waals surface area (Å²) in [6.45, 7) is 5.72. The first kappa shape index (κ1) is 15.6. The van der Waals surface area contributed by atoms with Crippen LogP contribution in [-0.2, 0) is 9.59 Å². The maximum atomic E-state index is 11.1. The molecule has 2 atom stereocenters. The predicted octanol–water partition coefficient (Wildman–Crippen LogP) is 0.487. The maximum Gasteiger partial charge on any atom is 0.320 e. The molecule has 0 amide bonds. The van der Waals surface area contributed by atoms with Crippen LogP contribution < -0.4 is 5.73 Å². The summed E-state index contributed by atoms with van der Waals surface area (Å²) in [6.07, 6.45) is 1.58. The molecule has 0 aliphatic heterocycles. The smallest absolute Gasteiger partial charge is 0.320 e. The standard InChI is InChI=1S/C11H20N2O4/c1-3-7-13(9(12)4-2)8(11(16)17)5-6-10(14)15/h3,8-9H,1,4-7,12H2,2H3,(H,14,15)(H,16,17). The molecule has 0 aliphatic rings. The minimum absolute atomic E-state index is 0.0339. The molecule has 0 aliphatic carbocycles. The van der Waals surface area contributed by atoms with E-state index in [-0.39, 0.29) is 12.8 Å². The van der Waals surface area contributed by atoms with Crippen LogP contribution in [0.2, 0.25) is 0 Å². The summed E-state index contributed by atoms with van der Waals surface area (Å²) >= 11 is 0. The van der Waals surface area contributed by atoms with Gasteiger partial charge in [-0.3, -0.25) is 14.5 Å². The number of rotatable bonds is 9. The monoisotopic (exact) mass is 244 g/mol. The van der Waals surface area contributed by atoms with Crippen LogP contribution in [0.5, 0.6) is 0 Å². The molecule has 0 rings (SSSR count). The molecule has 0 saturated carbocycles. The van der Waals surface area contributed by atoms with E-state index in [0.717, 1.165) is 0 Å². The first-order valence-corrected chi connectivity index (χ1v) is 5.50. The van der Waals surface area contributed by atoms with Crippen LogP contribution in [-0.4, -0.2) is 45.8 Å². The van der Waals surface area contributed by atoms with E-state index < -0.39 is 24.1 Å². The largest absolute Gasteiger partial charge is 0.481 e. The number of nitrogens with two attached hydrogens (primary N) is 1.